The largest absolute Gasteiger partial charge is 0.368 e. The summed E-state index contributed by atoms with van der Waals surface area (Å²) >= 11 is 1.58. The fraction of sp³-hybridized carbons (Fsp3) is 0.571. The zero-order chi connectivity index (χ0) is 15.4. The summed E-state index contributed by atoms with van der Waals surface area (Å²) < 4.78 is 10.7. The lowest BCUT2D eigenvalue weighted by atomic mass is 10.2. The molecule has 1 fully saturated rings. The Hall–Kier alpha value is -1.80. The van der Waals surface area contributed by atoms with Gasteiger partial charge in [0.05, 0.1) is 17.7 Å². The molecule has 1 saturated heterocycles. The number of nitrogens with zero attached hydrogens (tertiary/aromatic N) is 3. The Kier molecular flexibility index (Phi) is 4.79. The van der Waals surface area contributed by atoms with Crippen molar-refractivity contribution in [1.29, 1.82) is 0 Å². The molecule has 0 spiro atoms. The molecule has 22 heavy (non-hydrogen) atoms. The van der Waals surface area contributed by atoms with Crippen molar-refractivity contribution in [2.75, 3.05) is 6.61 Å². The predicted molar refractivity (Wildman–Crippen MR) is 79.2 cm³/mol. The summed E-state index contributed by atoms with van der Waals surface area (Å²) in [5, 5.41) is 6.67. The number of carbonyl (C=O) groups excluding carboxylic acids is 1. The highest BCUT2D eigenvalue weighted by atomic mass is 32.1. The summed E-state index contributed by atoms with van der Waals surface area (Å²) in [7, 11) is 0. The lowest BCUT2D eigenvalue weighted by molar-refractivity contribution is -0.121. The summed E-state index contributed by atoms with van der Waals surface area (Å²) in [4.78, 5) is 21.4. The van der Waals surface area contributed by atoms with Crippen LogP contribution in [0.3, 0.4) is 0 Å². The average Bonchev–Trinajstić information content (AvgIpc) is 3.24. The van der Waals surface area contributed by atoms with Crippen molar-refractivity contribution in [3.05, 3.63) is 27.8 Å². The minimum absolute atomic E-state index is 0.0312. The van der Waals surface area contributed by atoms with Crippen LogP contribution in [0.4, 0.5) is 0 Å². The molecule has 0 radical (unpaired) electrons. The number of rotatable bonds is 6. The van der Waals surface area contributed by atoms with Gasteiger partial charge in [-0.1, -0.05) is 5.16 Å². The van der Waals surface area contributed by atoms with Gasteiger partial charge in [0.2, 0.25) is 5.91 Å². The molecule has 0 aliphatic carbocycles. The van der Waals surface area contributed by atoms with E-state index in [1.165, 1.54) is 0 Å². The first-order chi connectivity index (χ1) is 10.7. The fourth-order valence-corrected chi connectivity index (χ4v) is 3.08. The molecule has 2 aromatic rings. The van der Waals surface area contributed by atoms with Crippen LogP contribution >= 0.6 is 11.3 Å². The fourth-order valence-electron chi connectivity index (χ4n) is 2.30. The monoisotopic (exact) mass is 322 g/mol. The third-order valence-corrected chi connectivity index (χ3v) is 4.55. The van der Waals surface area contributed by atoms with Crippen LogP contribution in [0.1, 0.15) is 47.7 Å². The zero-order valence-electron chi connectivity index (χ0n) is 12.4. The van der Waals surface area contributed by atoms with Gasteiger partial charge in [-0.2, -0.15) is 4.98 Å². The molecule has 0 bridgehead atoms. The molecule has 1 aliphatic heterocycles. The minimum Gasteiger partial charge on any atom is -0.368 e. The molecule has 1 aliphatic rings. The molecule has 2 aromatic heterocycles. The van der Waals surface area contributed by atoms with E-state index in [4.69, 9.17) is 9.26 Å². The molecular formula is C14H18N4O3S. The molecule has 8 heteroatoms. The van der Waals surface area contributed by atoms with Crippen LogP contribution in [0.15, 0.2) is 10.0 Å². The van der Waals surface area contributed by atoms with E-state index in [1.807, 2.05) is 6.92 Å². The Morgan fingerprint density at radius 3 is 3.18 bits per heavy atom. The Morgan fingerprint density at radius 1 is 1.55 bits per heavy atom. The van der Waals surface area contributed by atoms with E-state index in [1.54, 1.807) is 16.8 Å². The first kappa shape index (κ1) is 15.1. The Morgan fingerprint density at radius 2 is 2.45 bits per heavy atom. The van der Waals surface area contributed by atoms with E-state index in [0.717, 1.165) is 30.0 Å². The van der Waals surface area contributed by atoms with E-state index in [-0.39, 0.29) is 18.6 Å². The van der Waals surface area contributed by atoms with E-state index in [9.17, 15) is 4.79 Å². The van der Waals surface area contributed by atoms with E-state index >= 15 is 0 Å². The van der Waals surface area contributed by atoms with Crippen LogP contribution in [0.25, 0.3) is 0 Å². The molecule has 7 nitrogen and oxygen atoms in total. The van der Waals surface area contributed by atoms with Gasteiger partial charge < -0.3 is 14.6 Å². The van der Waals surface area contributed by atoms with Crippen LogP contribution in [-0.4, -0.2) is 27.6 Å². The summed E-state index contributed by atoms with van der Waals surface area (Å²) in [6.45, 7) is 2.96. The van der Waals surface area contributed by atoms with Gasteiger partial charge in [0.1, 0.15) is 6.10 Å². The van der Waals surface area contributed by atoms with E-state index < -0.39 is 0 Å². The highest BCUT2D eigenvalue weighted by Crippen LogP contribution is 2.26. The Labute approximate surface area is 132 Å². The molecule has 0 aromatic carbocycles. The second-order valence-corrected chi connectivity index (χ2v) is 6.13. The van der Waals surface area contributed by atoms with E-state index in [0.29, 0.717) is 24.6 Å². The lowest BCUT2D eigenvalue weighted by Gasteiger charge is -2.02. The third kappa shape index (κ3) is 3.69. The van der Waals surface area contributed by atoms with Crippen molar-refractivity contribution >= 4 is 17.2 Å². The molecule has 3 rings (SSSR count). The molecule has 1 amide bonds. The van der Waals surface area contributed by atoms with Crippen molar-refractivity contribution in [3.8, 4) is 0 Å². The van der Waals surface area contributed by atoms with Crippen molar-refractivity contribution in [2.24, 2.45) is 0 Å². The number of carbonyl (C=O) groups is 1. The van der Waals surface area contributed by atoms with Gasteiger partial charge in [0.15, 0.2) is 5.82 Å². The van der Waals surface area contributed by atoms with Gasteiger partial charge in [-0.3, -0.25) is 4.79 Å². The highest BCUT2D eigenvalue weighted by molar-refractivity contribution is 7.09. The second kappa shape index (κ2) is 6.97. The second-order valence-electron chi connectivity index (χ2n) is 5.19. The molecular weight excluding hydrogens is 304 g/mol. The van der Waals surface area contributed by atoms with Crippen molar-refractivity contribution in [1.82, 2.24) is 20.4 Å². The smallest absolute Gasteiger partial charge is 0.255 e. The number of ether oxygens (including phenoxy) is 1. The summed E-state index contributed by atoms with van der Waals surface area (Å²) in [5.41, 5.74) is 2.80. The topological polar surface area (TPSA) is 90.1 Å². The number of thiazole rings is 1. The number of aryl methyl sites for hydroxylation is 2. The van der Waals surface area contributed by atoms with E-state index in [2.05, 4.69) is 20.4 Å². The predicted octanol–water partition coefficient (Wildman–Crippen LogP) is 1.94. The number of hydrogen-bond donors (Lipinski definition) is 1. The molecule has 1 N–H and O–H groups in total. The van der Waals surface area contributed by atoms with Crippen LogP contribution in [0.5, 0.6) is 0 Å². The Balaban J connectivity index is 1.44. The average molecular weight is 322 g/mol. The minimum atomic E-state index is -0.0914. The summed E-state index contributed by atoms with van der Waals surface area (Å²) in [6, 6.07) is 0. The van der Waals surface area contributed by atoms with Crippen LogP contribution in [0, 0.1) is 6.92 Å². The van der Waals surface area contributed by atoms with Gasteiger partial charge in [-0.25, -0.2) is 4.98 Å². The number of hydrogen-bond acceptors (Lipinski definition) is 7. The number of amides is 1. The van der Waals surface area contributed by atoms with Gasteiger partial charge in [0, 0.05) is 17.9 Å². The van der Waals surface area contributed by atoms with Crippen LogP contribution in [-0.2, 0) is 22.5 Å². The molecule has 118 valence electrons. The van der Waals surface area contributed by atoms with Crippen molar-refractivity contribution in [2.45, 2.75) is 45.3 Å². The number of nitrogens with one attached hydrogen (secondary N) is 1. The summed E-state index contributed by atoms with van der Waals surface area (Å²) in [6.07, 6.45) is 2.96. The van der Waals surface area contributed by atoms with Crippen LogP contribution in [0.2, 0.25) is 0 Å². The summed E-state index contributed by atoms with van der Waals surface area (Å²) in [5.74, 6) is 0.950. The highest BCUT2D eigenvalue weighted by Gasteiger charge is 2.23. The SMILES string of the molecule is Cc1ncsc1CCC(=O)NCc1noc([C@H]2CCCO2)n1. The van der Waals surface area contributed by atoms with Gasteiger partial charge in [0.25, 0.3) is 5.89 Å². The maximum Gasteiger partial charge on any atom is 0.255 e. The van der Waals surface area contributed by atoms with Crippen molar-refractivity contribution < 1.29 is 14.1 Å². The quantitative estimate of drug-likeness (QED) is 0.874. The van der Waals surface area contributed by atoms with Gasteiger partial charge >= 0.3 is 0 Å². The van der Waals surface area contributed by atoms with Gasteiger partial charge in [-0.15, -0.1) is 11.3 Å². The van der Waals surface area contributed by atoms with Crippen LogP contribution < -0.4 is 5.32 Å². The molecule has 1 atom stereocenters. The molecule has 0 unspecified atom stereocenters. The normalized spacial score (nSPS) is 17.8. The van der Waals surface area contributed by atoms with Crippen molar-refractivity contribution in [3.63, 3.8) is 0 Å². The lowest BCUT2D eigenvalue weighted by Crippen LogP contribution is -2.23. The molecule has 0 saturated carbocycles. The maximum absolute atomic E-state index is 11.8. The Bertz CT molecular complexity index is 634. The first-order valence-electron chi connectivity index (χ1n) is 7.32. The number of aromatic nitrogens is 3. The first-order valence-corrected chi connectivity index (χ1v) is 8.20. The maximum atomic E-state index is 11.8. The third-order valence-electron chi connectivity index (χ3n) is 3.56. The zero-order valence-corrected chi connectivity index (χ0v) is 13.2. The van der Waals surface area contributed by atoms with Gasteiger partial charge in [-0.05, 0) is 26.2 Å². The molecule has 3 heterocycles. The standard InChI is InChI=1S/C14H18N4O3S/c1-9-11(22-8-16-9)4-5-13(19)15-7-12-17-14(21-18-12)10-3-2-6-20-10/h8,10H,2-7H2,1H3,(H,15,19)/t10-/m1/s1.